The van der Waals surface area contributed by atoms with E-state index in [1.165, 1.54) is 0 Å². The van der Waals surface area contributed by atoms with Gasteiger partial charge in [0.05, 0.1) is 13.2 Å². The Morgan fingerprint density at radius 2 is 2.30 bits per heavy atom. The number of hydrogen-bond acceptors (Lipinski definition) is 5. The third kappa shape index (κ3) is 1.77. The Morgan fingerprint density at radius 1 is 1.50 bits per heavy atom. The highest BCUT2D eigenvalue weighted by Gasteiger charge is 2.53. The van der Waals surface area contributed by atoms with E-state index in [2.05, 4.69) is 0 Å². The molecule has 2 aliphatic rings. The van der Waals surface area contributed by atoms with Crippen LogP contribution in [-0.2, 0) is 5.41 Å². The Labute approximate surface area is 118 Å². The number of methoxy groups -OCH3 is 1. The second kappa shape index (κ2) is 4.82. The Morgan fingerprint density at radius 3 is 3.00 bits per heavy atom. The Kier molecular flexibility index (Phi) is 3.26. The van der Waals surface area contributed by atoms with Gasteiger partial charge in [-0.15, -0.1) is 0 Å². The number of aromatic hydroxyl groups is 1. The smallest absolute Gasteiger partial charge is 0.169 e. The Balaban J connectivity index is 2.14. The molecule has 0 spiro atoms. The van der Waals surface area contributed by atoms with Crippen molar-refractivity contribution in [1.82, 2.24) is 0 Å². The molecule has 5 heteroatoms. The number of phenolic OH excluding ortho intramolecular Hbond substituents is 1. The number of nitrogens with two attached hydrogens (primary N) is 1. The lowest BCUT2D eigenvalue weighted by atomic mass is 9.65. The number of rotatable bonds is 3. The van der Waals surface area contributed by atoms with Crippen molar-refractivity contribution in [2.24, 2.45) is 5.73 Å². The molecule has 4 N–H and O–H groups in total. The van der Waals surface area contributed by atoms with Gasteiger partial charge in [0.15, 0.2) is 11.5 Å². The molecule has 0 saturated heterocycles. The quantitative estimate of drug-likeness (QED) is 0.776. The third-order valence-electron chi connectivity index (χ3n) is 4.69. The Hall–Kier alpha value is -1.46. The van der Waals surface area contributed by atoms with Gasteiger partial charge < -0.3 is 25.4 Å². The van der Waals surface area contributed by atoms with E-state index in [0.717, 1.165) is 18.4 Å². The topological polar surface area (TPSA) is 84.9 Å². The normalized spacial score (nSPS) is 31.4. The van der Waals surface area contributed by atoms with Gasteiger partial charge in [-0.3, -0.25) is 0 Å². The molecule has 3 rings (SSSR count). The molecular formula is C15H21NO4. The third-order valence-corrected chi connectivity index (χ3v) is 4.69. The van der Waals surface area contributed by atoms with Gasteiger partial charge in [-0.05, 0) is 37.9 Å². The van der Waals surface area contributed by atoms with Crippen molar-refractivity contribution < 1.29 is 19.7 Å². The fourth-order valence-electron chi connectivity index (χ4n) is 3.75. The first kappa shape index (κ1) is 13.5. The summed E-state index contributed by atoms with van der Waals surface area (Å²) in [6.07, 6.45) is 2.27. The lowest BCUT2D eigenvalue weighted by molar-refractivity contribution is 0.0140. The van der Waals surface area contributed by atoms with E-state index in [4.69, 9.17) is 15.2 Å². The SMILES string of the molecule is COc1ccc(O)c2c1OC1CC(O)CCC21CCN. The zero-order valence-electron chi connectivity index (χ0n) is 11.6. The number of benzene rings is 1. The van der Waals surface area contributed by atoms with Crippen molar-refractivity contribution in [3.63, 3.8) is 0 Å². The second-order valence-corrected chi connectivity index (χ2v) is 5.72. The first-order valence-electron chi connectivity index (χ1n) is 7.07. The van der Waals surface area contributed by atoms with Crippen molar-refractivity contribution in [1.29, 1.82) is 0 Å². The molecule has 1 heterocycles. The van der Waals surface area contributed by atoms with Crippen LogP contribution in [0.3, 0.4) is 0 Å². The van der Waals surface area contributed by atoms with Gasteiger partial charge in [0, 0.05) is 17.4 Å². The molecule has 20 heavy (non-hydrogen) atoms. The molecule has 3 atom stereocenters. The zero-order chi connectivity index (χ0) is 14.3. The fourth-order valence-corrected chi connectivity index (χ4v) is 3.75. The summed E-state index contributed by atoms with van der Waals surface area (Å²) in [6, 6.07) is 3.35. The number of phenols is 1. The maximum atomic E-state index is 10.3. The zero-order valence-corrected chi connectivity index (χ0v) is 11.6. The minimum atomic E-state index is -0.353. The van der Waals surface area contributed by atoms with E-state index >= 15 is 0 Å². The molecule has 1 aliphatic heterocycles. The van der Waals surface area contributed by atoms with Crippen LogP contribution in [0.4, 0.5) is 0 Å². The molecule has 0 bridgehead atoms. The molecule has 0 radical (unpaired) electrons. The van der Waals surface area contributed by atoms with Gasteiger partial charge in [0.1, 0.15) is 11.9 Å². The van der Waals surface area contributed by atoms with E-state index in [9.17, 15) is 10.2 Å². The van der Waals surface area contributed by atoms with E-state index in [0.29, 0.717) is 30.9 Å². The summed E-state index contributed by atoms with van der Waals surface area (Å²) in [4.78, 5) is 0. The van der Waals surface area contributed by atoms with Gasteiger partial charge in [-0.2, -0.15) is 0 Å². The molecule has 0 amide bonds. The number of aliphatic hydroxyl groups is 1. The molecule has 1 aliphatic carbocycles. The van der Waals surface area contributed by atoms with E-state index in [1.807, 2.05) is 0 Å². The standard InChI is InChI=1S/C15H21NO4/c1-19-11-3-2-10(18)13-14(11)20-12-8-9(17)4-5-15(12,13)6-7-16/h2-3,9,12,17-18H,4-8,16H2,1H3. The van der Waals surface area contributed by atoms with Gasteiger partial charge in [0.25, 0.3) is 0 Å². The van der Waals surface area contributed by atoms with Crippen LogP contribution in [-0.4, -0.2) is 36.1 Å². The van der Waals surface area contributed by atoms with Crippen molar-refractivity contribution >= 4 is 0 Å². The summed E-state index contributed by atoms with van der Waals surface area (Å²) < 4.78 is 11.4. The lowest BCUT2D eigenvalue weighted by Crippen LogP contribution is -2.46. The lowest BCUT2D eigenvalue weighted by Gasteiger charge is -2.40. The van der Waals surface area contributed by atoms with Crippen molar-refractivity contribution in [2.75, 3.05) is 13.7 Å². The van der Waals surface area contributed by atoms with Gasteiger partial charge in [-0.1, -0.05) is 0 Å². The van der Waals surface area contributed by atoms with Crippen molar-refractivity contribution in [3.05, 3.63) is 17.7 Å². The Bertz CT molecular complexity index is 519. The molecule has 3 unspecified atom stereocenters. The van der Waals surface area contributed by atoms with Crippen LogP contribution in [0.1, 0.15) is 31.2 Å². The average Bonchev–Trinajstić information content (AvgIpc) is 2.75. The van der Waals surface area contributed by atoms with Crippen molar-refractivity contribution in [2.45, 2.75) is 43.3 Å². The predicted molar refractivity (Wildman–Crippen MR) is 74.3 cm³/mol. The molecule has 0 aromatic heterocycles. The molecule has 1 aromatic rings. The molecule has 5 nitrogen and oxygen atoms in total. The highest BCUT2D eigenvalue weighted by molar-refractivity contribution is 5.60. The fraction of sp³-hybridized carbons (Fsp3) is 0.600. The van der Waals surface area contributed by atoms with Crippen LogP contribution in [0, 0.1) is 0 Å². The number of ether oxygens (including phenoxy) is 2. The minimum absolute atomic E-state index is 0.146. The number of aliphatic hydroxyl groups excluding tert-OH is 1. The average molecular weight is 279 g/mol. The van der Waals surface area contributed by atoms with Crippen LogP contribution < -0.4 is 15.2 Å². The van der Waals surface area contributed by atoms with Crippen LogP contribution in [0.2, 0.25) is 0 Å². The minimum Gasteiger partial charge on any atom is -0.508 e. The summed E-state index contributed by atoms with van der Waals surface area (Å²) in [5.74, 6) is 1.46. The van der Waals surface area contributed by atoms with E-state index in [1.54, 1.807) is 19.2 Å². The first-order valence-corrected chi connectivity index (χ1v) is 7.07. The van der Waals surface area contributed by atoms with E-state index < -0.39 is 0 Å². The van der Waals surface area contributed by atoms with Gasteiger partial charge in [0.2, 0.25) is 0 Å². The molecule has 110 valence electrons. The number of hydrogen-bond donors (Lipinski definition) is 3. The highest BCUT2D eigenvalue weighted by atomic mass is 16.5. The second-order valence-electron chi connectivity index (χ2n) is 5.72. The first-order chi connectivity index (χ1) is 9.62. The van der Waals surface area contributed by atoms with E-state index in [-0.39, 0.29) is 23.4 Å². The molecule has 1 saturated carbocycles. The van der Waals surface area contributed by atoms with Gasteiger partial charge in [-0.25, -0.2) is 0 Å². The molecule has 1 aromatic carbocycles. The maximum Gasteiger partial charge on any atom is 0.169 e. The monoisotopic (exact) mass is 279 g/mol. The van der Waals surface area contributed by atoms with Crippen LogP contribution >= 0.6 is 0 Å². The molecule has 1 fully saturated rings. The molecular weight excluding hydrogens is 258 g/mol. The van der Waals surface area contributed by atoms with Crippen LogP contribution in [0.5, 0.6) is 17.2 Å². The number of fused-ring (bicyclic) bond motifs is 3. The maximum absolute atomic E-state index is 10.3. The summed E-state index contributed by atoms with van der Waals surface area (Å²) >= 11 is 0. The van der Waals surface area contributed by atoms with Crippen LogP contribution in [0.15, 0.2) is 12.1 Å². The van der Waals surface area contributed by atoms with Crippen molar-refractivity contribution in [3.8, 4) is 17.2 Å². The summed E-state index contributed by atoms with van der Waals surface area (Å²) in [7, 11) is 1.59. The largest absolute Gasteiger partial charge is 0.508 e. The summed E-state index contributed by atoms with van der Waals surface area (Å²) in [5, 5.41) is 20.2. The highest BCUT2D eigenvalue weighted by Crippen LogP contribution is 2.57. The van der Waals surface area contributed by atoms with Crippen LogP contribution in [0.25, 0.3) is 0 Å². The van der Waals surface area contributed by atoms with Gasteiger partial charge >= 0.3 is 0 Å². The summed E-state index contributed by atoms with van der Waals surface area (Å²) in [5.41, 5.74) is 6.29. The predicted octanol–water partition coefficient (Wildman–Crippen LogP) is 1.29. The summed E-state index contributed by atoms with van der Waals surface area (Å²) in [6.45, 7) is 0.520.